The maximum atomic E-state index is 12.9. The summed E-state index contributed by atoms with van der Waals surface area (Å²) in [7, 11) is 0. The van der Waals surface area contributed by atoms with Crippen molar-refractivity contribution in [1.82, 2.24) is 0 Å². The number of hydrogen-bond donors (Lipinski definition) is 0. The lowest BCUT2D eigenvalue weighted by molar-refractivity contribution is -0.385. The molecule has 4 nitrogen and oxygen atoms in total. The molecule has 0 bridgehead atoms. The molecule has 0 unspecified atom stereocenters. The number of non-ortho nitro benzene ring substituents is 1. The summed E-state index contributed by atoms with van der Waals surface area (Å²) < 4.78 is 12.9. The van der Waals surface area contributed by atoms with Gasteiger partial charge in [0, 0.05) is 11.6 Å². The first-order valence-electron chi connectivity index (χ1n) is 3.41. The summed E-state index contributed by atoms with van der Waals surface area (Å²) in [6.45, 7) is 1.40. The van der Waals surface area contributed by atoms with Gasteiger partial charge < -0.3 is 0 Å². The summed E-state index contributed by atoms with van der Waals surface area (Å²) >= 11 is 0. The molecule has 0 atom stereocenters. The molecule has 5 heteroatoms. The lowest BCUT2D eigenvalue weighted by atomic mass is 10.1. The minimum Gasteiger partial charge on any atom is -0.258 e. The zero-order valence-electron chi connectivity index (χ0n) is 6.74. The van der Waals surface area contributed by atoms with E-state index in [2.05, 4.69) is 0 Å². The first kappa shape index (κ1) is 9.13. The predicted molar refractivity (Wildman–Crippen MR) is 42.5 cm³/mol. The van der Waals surface area contributed by atoms with Crippen LogP contribution in [-0.4, -0.2) is 4.92 Å². The van der Waals surface area contributed by atoms with Crippen LogP contribution in [0.4, 0.5) is 10.1 Å². The van der Waals surface area contributed by atoms with E-state index >= 15 is 0 Å². The van der Waals surface area contributed by atoms with Gasteiger partial charge in [-0.15, -0.1) is 0 Å². The number of halogens is 1. The summed E-state index contributed by atoms with van der Waals surface area (Å²) in [4.78, 5) is 9.53. The molecule has 0 radical (unpaired) electrons. The van der Waals surface area contributed by atoms with Crippen LogP contribution in [0.3, 0.4) is 0 Å². The first-order valence-corrected chi connectivity index (χ1v) is 3.41. The molecular weight excluding hydrogens is 175 g/mol. The normalized spacial score (nSPS) is 9.31. The van der Waals surface area contributed by atoms with Gasteiger partial charge >= 0.3 is 0 Å². The predicted octanol–water partition coefficient (Wildman–Crippen LogP) is 1.91. The zero-order chi connectivity index (χ0) is 10.0. The molecule has 0 saturated carbocycles. The van der Waals surface area contributed by atoms with Crippen molar-refractivity contribution in [1.29, 1.82) is 5.26 Å². The van der Waals surface area contributed by atoms with E-state index in [9.17, 15) is 14.5 Å². The van der Waals surface area contributed by atoms with Crippen LogP contribution >= 0.6 is 0 Å². The van der Waals surface area contributed by atoms with Crippen LogP contribution < -0.4 is 0 Å². The molecule has 1 aromatic rings. The highest BCUT2D eigenvalue weighted by atomic mass is 19.1. The molecule has 0 spiro atoms. The smallest absolute Gasteiger partial charge is 0.258 e. The average Bonchev–Trinajstić information content (AvgIpc) is 2.09. The van der Waals surface area contributed by atoms with Gasteiger partial charge in [0.15, 0.2) is 0 Å². The van der Waals surface area contributed by atoms with Crippen molar-refractivity contribution in [3.05, 3.63) is 39.2 Å². The van der Waals surface area contributed by atoms with E-state index in [0.29, 0.717) is 0 Å². The van der Waals surface area contributed by atoms with Gasteiger partial charge in [-0.2, -0.15) is 5.26 Å². The van der Waals surface area contributed by atoms with Crippen molar-refractivity contribution < 1.29 is 9.31 Å². The molecule has 0 saturated heterocycles. The van der Waals surface area contributed by atoms with Gasteiger partial charge in [0.05, 0.1) is 22.6 Å². The molecular formula is C8H5FN2O2. The summed E-state index contributed by atoms with van der Waals surface area (Å²) in [6, 6.07) is 3.54. The second-order valence-corrected chi connectivity index (χ2v) is 2.47. The standard InChI is InChI=1S/C8H5FN2O2/c1-5-6(4-10)2-7(11(12)13)3-8(5)9/h2-3H,1H3. The Morgan fingerprint density at radius 1 is 1.62 bits per heavy atom. The van der Waals surface area contributed by atoms with Crippen LogP contribution in [0.25, 0.3) is 0 Å². The molecule has 0 aromatic heterocycles. The molecule has 0 amide bonds. The number of hydrogen-bond acceptors (Lipinski definition) is 3. The largest absolute Gasteiger partial charge is 0.273 e. The fraction of sp³-hybridized carbons (Fsp3) is 0.125. The quantitative estimate of drug-likeness (QED) is 0.489. The minimum atomic E-state index is -0.733. The van der Waals surface area contributed by atoms with E-state index in [4.69, 9.17) is 5.26 Å². The third kappa shape index (κ3) is 1.62. The Morgan fingerprint density at radius 3 is 2.69 bits per heavy atom. The second-order valence-electron chi connectivity index (χ2n) is 2.47. The van der Waals surface area contributed by atoms with Crippen molar-refractivity contribution in [3.63, 3.8) is 0 Å². The molecule has 0 aliphatic carbocycles. The summed E-state index contributed by atoms with van der Waals surface area (Å²) in [5.41, 5.74) is -0.278. The topological polar surface area (TPSA) is 66.9 Å². The first-order chi connectivity index (χ1) is 6.06. The Hall–Kier alpha value is -1.96. The Balaban J connectivity index is 3.41. The Morgan fingerprint density at radius 2 is 2.23 bits per heavy atom. The number of nitriles is 1. The average molecular weight is 180 g/mol. The molecule has 1 aromatic carbocycles. The van der Waals surface area contributed by atoms with Gasteiger partial charge in [-0.1, -0.05) is 0 Å². The summed E-state index contributed by atoms with van der Waals surface area (Å²) in [6.07, 6.45) is 0. The van der Waals surface area contributed by atoms with Crippen molar-refractivity contribution in [2.75, 3.05) is 0 Å². The van der Waals surface area contributed by atoms with Crippen LogP contribution in [0.15, 0.2) is 12.1 Å². The molecule has 1 rings (SSSR count). The van der Waals surface area contributed by atoms with Gasteiger partial charge in [0.25, 0.3) is 5.69 Å². The van der Waals surface area contributed by atoms with E-state index in [-0.39, 0.29) is 11.1 Å². The number of nitro benzene ring substituents is 1. The van der Waals surface area contributed by atoms with Crippen molar-refractivity contribution in [2.24, 2.45) is 0 Å². The van der Waals surface area contributed by atoms with Gasteiger partial charge in [-0.3, -0.25) is 10.1 Å². The maximum Gasteiger partial charge on any atom is 0.273 e. The summed E-state index contributed by atoms with van der Waals surface area (Å²) in [5, 5.41) is 18.8. The summed E-state index contributed by atoms with van der Waals surface area (Å²) in [5.74, 6) is -0.731. The van der Waals surface area contributed by atoms with E-state index in [1.807, 2.05) is 0 Å². The Bertz CT molecular complexity index is 409. The van der Waals surface area contributed by atoms with E-state index in [1.165, 1.54) is 6.92 Å². The van der Waals surface area contributed by atoms with Gasteiger partial charge in [-0.25, -0.2) is 4.39 Å². The molecule has 0 N–H and O–H groups in total. The SMILES string of the molecule is Cc1c(F)cc([N+](=O)[O-])cc1C#N. The van der Waals surface area contributed by atoms with Crippen LogP contribution in [-0.2, 0) is 0 Å². The van der Waals surface area contributed by atoms with Gasteiger partial charge in [0.2, 0.25) is 0 Å². The molecule has 0 heterocycles. The molecule has 0 aliphatic rings. The van der Waals surface area contributed by atoms with Crippen molar-refractivity contribution in [2.45, 2.75) is 6.92 Å². The van der Waals surface area contributed by atoms with Crippen molar-refractivity contribution >= 4 is 5.69 Å². The van der Waals surface area contributed by atoms with Crippen LogP contribution in [0.1, 0.15) is 11.1 Å². The minimum absolute atomic E-state index is 0.00769. The van der Waals surface area contributed by atoms with Gasteiger partial charge in [-0.05, 0) is 6.92 Å². The Labute approximate surface area is 73.4 Å². The Kier molecular flexibility index (Phi) is 2.24. The number of nitro groups is 1. The van der Waals surface area contributed by atoms with E-state index < -0.39 is 16.4 Å². The highest BCUT2D eigenvalue weighted by molar-refractivity contribution is 5.46. The maximum absolute atomic E-state index is 12.9. The molecule has 0 fully saturated rings. The van der Waals surface area contributed by atoms with E-state index in [0.717, 1.165) is 12.1 Å². The van der Waals surface area contributed by atoms with Crippen LogP contribution in [0, 0.1) is 34.2 Å². The lowest BCUT2D eigenvalue weighted by Crippen LogP contribution is -1.94. The monoisotopic (exact) mass is 180 g/mol. The molecule has 13 heavy (non-hydrogen) atoms. The van der Waals surface area contributed by atoms with Crippen LogP contribution in [0.2, 0.25) is 0 Å². The molecule has 0 aliphatic heterocycles. The zero-order valence-corrected chi connectivity index (χ0v) is 6.74. The highest BCUT2D eigenvalue weighted by Gasteiger charge is 2.13. The third-order valence-electron chi connectivity index (χ3n) is 1.66. The highest BCUT2D eigenvalue weighted by Crippen LogP contribution is 2.19. The number of rotatable bonds is 1. The number of nitrogens with zero attached hydrogens (tertiary/aromatic N) is 2. The van der Waals surface area contributed by atoms with Gasteiger partial charge in [0.1, 0.15) is 5.82 Å². The fourth-order valence-electron chi connectivity index (χ4n) is 0.886. The fourth-order valence-corrected chi connectivity index (χ4v) is 0.886. The van der Waals surface area contributed by atoms with Crippen LogP contribution in [0.5, 0.6) is 0 Å². The van der Waals surface area contributed by atoms with Crippen molar-refractivity contribution in [3.8, 4) is 6.07 Å². The lowest BCUT2D eigenvalue weighted by Gasteiger charge is -1.98. The number of benzene rings is 1. The third-order valence-corrected chi connectivity index (χ3v) is 1.66. The van der Waals surface area contributed by atoms with E-state index in [1.54, 1.807) is 6.07 Å². The molecule has 66 valence electrons. The second kappa shape index (κ2) is 3.19.